The first-order chi connectivity index (χ1) is 20.0. The zero-order valence-corrected chi connectivity index (χ0v) is 24.3. The van der Waals surface area contributed by atoms with Crippen LogP contribution in [-0.4, -0.2) is 137 Å². The summed E-state index contributed by atoms with van der Waals surface area (Å²) in [6.45, 7) is 1.06. The molecule has 2 aliphatic heterocycles. The lowest BCUT2D eigenvalue weighted by Gasteiger charge is -2.48. The molecule has 0 aromatic heterocycles. The van der Waals surface area contributed by atoms with E-state index in [0.29, 0.717) is 44.2 Å². The van der Waals surface area contributed by atoms with Gasteiger partial charge in [0.1, 0.15) is 30.5 Å². The predicted molar refractivity (Wildman–Crippen MR) is 151 cm³/mol. The molecule has 0 amide bonds. The van der Waals surface area contributed by atoms with Gasteiger partial charge in [-0.2, -0.15) is 0 Å². The monoisotopic (exact) mass is 606 g/mol. The molecule has 2 saturated carbocycles. The van der Waals surface area contributed by atoms with Crippen LogP contribution in [0.4, 0.5) is 0 Å². The second-order valence-electron chi connectivity index (χ2n) is 12.7. The Bertz CT molecular complexity index is 814. The molecule has 0 bridgehead atoms. The highest BCUT2D eigenvalue weighted by Gasteiger charge is 2.50. The molecule has 4 fully saturated rings. The number of hydrogen-bond acceptors (Lipinski definition) is 15. The van der Waals surface area contributed by atoms with Crippen LogP contribution in [0.3, 0.4) is 0 Å². The summed E-state index contributed by atoms with van der Waals surface area (Å²) in [7, 11) is 0. The summed E-state index contributed by atoms with van der Waals surface area (Å²) >= 11 is 0. The average Bonchev–Trinajstić information content (AvgIpc) is 2.95. The summed E-state index contributed by atoms with van der Waals surface area (Å²) in [5, 5.41) is 55.7. The molecular weight excluding hydrogens is 552 g/mol. The third-order valence-electron chi connectivity index (χ3n) is 9.37. The van der Waals surface area contributed by atoms with E-state index in [0.717, 1.165) is 25.8 Å². The summed E-state index contributed by atoms with van der Waals surface area (Å²) in [5.74, 6) is 0.223. The van der Waals surface area contributed by atoms with Crippen molar-refractivity contribution in [1.29, 1.82) is 0 Å². The Balaban J connectivity index is 1.41. The molecule has 0 aromatic carbocycles. The number of rotatable bonds is 13. The van der Waals surface area contributed by atoms with Crippen molar-refractivity contribution in [2.75, 3.05) is 26.2 Å². The van der Waals surface area contributed by atoms with Crippen LogP contribution in [0.25, 0.3) is 0 Å². The molecule has 2 saturated heterocycles. The smallest absolute Gasteiger partial charge is 0.186 e. The van der Waals surface area contributed by atoms with Crippen molar-refractivity contribution in [3.05, 3.63) is 0 Å². The van der Waals surface area contributed by atoms with E-state index in [1.54, 1.807) is 0 Å². The normalized spacial score (nSPS) is 47.1. The topological polar surface area (TPSA) is 280 Å². The maximum atomic E-state index is 11.6. The lowest BCUT2D eigenvalue weighted by Crippen LogP contribution is -2.66. The van der Waals surface area contributed by atoms with Gasteiger partial charge >= 0.3 is 0 Å². The van der Waals surface area contributed by atoms with Crippen LogP contribution >= 0.6 is 0 Å². The first-order valence-electron chi connectivity index (χ1n) is 15.4. The highest BCUT2D eigenvalue weighted by molar-refractivity contribution is 4.99. The van der Waals surface area contributed by atoms with Gasteiger partial charge in [-0.25, -0.2) is 0 Å². The Morgan fingerprint density at radius 2 is 1.55 bits per heavy atom. The molecule has 15 heteroatoms. The molecule has 2 aliphatic carbocycles. The Morgan fingerprint density at radius 3 is 2.21 bits per heavy atom. The molecule has 4 rings (SSSR count). The third kappa shape index (κ3) is 8.35. The van der Waals surface area contributed by atoms with Gasteiger partial charge in [0.15, 0.2) is 12.6 Å². The van der Waals surface area contributed by atoms with Crippen LogP contribution in [-0.2, 0) is 18.9 Å². The lowest BCUT2D eigenvalue weighted by molar-refractivity contribution is -0.318. The van der Waals surface area contributed by atoms with Gasteiger partial charge in [-0.1, -0.05) is 0 Å². The van der Waals surface area contributed by atoms with Gasteiger partial charge in [-0.15, -0.1) is 0 Å². The predicted octanol–water partition coefficient (Wildman–Crippen LogP) is -4.51. The second-order valence-corrected chi connectivity index (χ2v) is 12.7. The first kappa shape index (κ1) is 34.3. The number of ether oxygens (including phenoxy) is 4. The zero-order valence-electron chi connectivity index (χ0n) is 24.3. The highest BCUT2D eigenvalue weighted by atomic mass is 16.7. The summed E-state index contributed by atoms with van der Waals surface area (Å²) in [5.41, 5.74) is 30.3. The standard InChI is InChI=1S/C27H54N6O9/c28-8-15(35)2-1-13-7-18(31)25(23(38)24(13)41-27-22(37)20(32)21(36)19(11-34)40-27)42-26-17(30)4-3-16(39-26)10-33-9-12-5-14(29)6-12/h12-27,33-38H,1-11,28-32H2/t12?,13-,14?,15?,16+,17-,18+,19-,20+,21-,22-,23-,24+,25?,26-,27-/m1/s1. The Morgan fingerprint density at radius 1 is 0.833 bits per heavy atom. The van der Waals surface area contributed by atoms with Crippen molar-refractivity contribution in [2.45, 2.75) is 131 Å². The van der Waals surface area contributed by atoms with Gasteiger partial charge < -0.3 is 78.5 Å². The van der Waals surface area contributed by atoms with Crippen LogP contribution in [0, 0.1) is 11.8 Å². The molecule has 4 aliphatic rings. The van der Waals surface area contributed by atoms with Crippen LogP contribution in [0.5, 0.6) is 0 Å². The number of aliphatic hydroxyl groups excluding tert-OH is 5. The van der Waals surface area contributed by atoms with Crippen molar-refractivity contribution >= 4 is 0 Å². The lowest BCUT2D eigenvalue weighted by atomic mass is 9.77. The SMILES string of the molecule is NCC(O)CC[C@@H]1C[C@H](N)C(O[C@H]2O[C@H](CNCC3CC(N)C3)CC[C@H]2N)[C@H](O)[C@H]1O[C@H]1O[C@H](CO)[C@@H](O)[C@H](N)[C@H]1O. The van der Waals surface area contributed by atoms with E-state index in [9.17, 15) is 25.5 Å². The molecule has 246 valence electrons. The van der Waals surface area contributed by atoms with Gasteiger partial charge in [0.2, 0.25) is 0 Å². The van der Waals surface area contributed by atoms with Crippen LogP contribution < -0.4 is 34.0 Å². The molecule has 16 N–H and O–H groups in total. The van der Waals surface area contributed by atoms with Crippen LogP contribution in [0.15, 0.2) is 0 Å². The van der Waals surface area contributed by atoms with Gasteiger partial charge in [0, 0.05) is 25.2 Å². The van der Waals surface area contributed by atoms with Crippen LogP contribution in [0.1, 0.15) is 44.9 Å². The van der Waals surface area contributed by atoms with Crippen molar-refractivity contribution in [1.82, 2.24) is 5.32 Å². The van der Waals surface area contributed by atoms with Gasteiger partial charge in [0.05, 0.1) is 37.0 Å². The molecule has 42 heavy (non-hydrogen) atoms. The van der Waals surface area contributed by atoms with E-state index in [-0.39, 0.29) is 18.6 Å². The molecule has 0 radical (unpaired) electrons. The Labute approximate surface area is 247 Å². The van der Waals surface area contributed by atoms with E-state index in [4.69, 9.17) is 47.6 Å². The second kappa shape index (κ2) is 15.6. The maximum Gasteiger partial charge on any atom is 0.186 e. The number of hydrogen-bond donors (Lipinski definition) is 11. The van der Waals surface area contributed by atoms with Gasteiger partial charge in [0.25, 0.3) is 0 Å². The largest absolute Gasteiger partial charge is 0.394 e. The average molecular weight is 607 g/mol. The van der Waals surface area contributed by atoms with Gasteiger partial charge in [-0.05, 0) is 63.3 Å². The van der Waals surface area contributed by atoms with E-state index in [2.05, 4.69) is 5.32 Å². The first-order valence-corrected chi connectivity index (χ1v) is 15.4. The number of aliphatic hydroxyl groups is 5. The zero-order chi connectivity index (χ0) is 30.6. The quantitative estimate of drug-likeness (QED) is 0.0942. The number of nitrogens with two attached hydrogens (primary N) is 5. The fourth-order valence-corrected chi connectivity index (χ4v) is 6.61. The molecule has 2 heterocycles. The maximum absolute atomic E-state index is 11.6. The van der Waals surface area contributed by atoms with Crippen molar-refractivity contribution in [3.8, 4) is 0 Å². The Kier molecular flexibility index (Phi) is 12.7. The molecule has 14 atom stereocenters. The van der Waals surface area contributed by atoms with Crippen LogP contribution in [0.2, 0.25) is 0 Å². The highest BCUT2D eigenvalue weighted by Crippen LogP contribution is 2.36. The van der Waals surface area contributed by atoms with E-state index in [1.165, 1.54) is 0 Å². The summed E-state index contributed by atoms with van der Waals surface area (Å²) in [6, 6.07) is -1.87. The molecule has 2 unspecified atom stereocenters. The van der Waals surface area contributed by atoms with Crippen molar-refractivity contribution in [3.63, 3.8) is 0 Å². The fourth-order valence-electron chi connectivity index (χ4n) is 6.61. The minimum atomic E-state index is -1.43. The minimum Gasteiger partial charge on any atom is -0.394 e. The summed E-state index contributed by atoms with van der Waals surface area (Å²) < 4.78 is 24.2. The molecule has 0 aromatic rings. The minimum absolute atomic E-state index is 0.0785. The van der Waals surface area contributed by atoms with E-state index in [1.807, 2.05) is 0 Å². The fraction of sp³-hybridized carbons (Fsp3) is 1.00. The molecule has 0 spiro atoms. The van der Waals surface area contributed by atoms with Crippen molar-refractivity contribution < 1.29 is 44.5 Å². The van der Waals surface area contributed by atoms with Gasteiger partial charge in [-0.3, -0.25) is 0 Å². The summed E-state index contributed by atoms with van der Waals surface area (Å²) in [4.78, 5) is 0. The Hall–Kier alpha value is -0.600. The molecule has 15 nitrogen and oxygen atoms in total. The molecular formula is C27H54N6O9. The number of nitrogens with one attached hydrogen (secondary N) is 1. The summed E-state index contributed by atoms with van der Waals surface area (Å²) in [6.07, 6.45) is -5.36. The van der Waals surface area contributed by atoms with Crippen molar-refractivity contribution in [2.24, 2.45) is 40.5 Å². The van der Waals surface area contributed by atoms with E-state index >= 15 is 0 Å². The van der Waals surface area contributed by atoms with E-state index < -0.39 is 80.0 Å². The third-order valence-corrected chi connectivity index (χ3v) is 9.37.